The van der Waals surface area contributed by atoms with Gasteiger partial charge in [-0.05, 0) is 45.7 Å². The fraction of sp³-hybridized carbons (Fsp3) is 0.500. The molecule has 29 heavy (non-hydrogen) atoms. The van der Waals surface area contributed by atoms with Crippen molar-refractivity contribution >= 4 is 27.3 Å². The Morgan fingerprint density at radius 3 is 2.52 bits per heavy atom. The molecular formula is C20H31N5O2S2. The van der Waals surface area contributed by atoms with Gasteiger partial charge in [0.25, 0.3) is 0 Å². The lowest BCUT2D eigenvalue weighted by Gasteiger charge is -2.21. The fourth-order valence-corrected chi connectivity index (χ4v) is 5.07. The molecule has 0 amide bonds. The standard InChI is InChI=1S/C20H31N5O2S2/c1-6-16-13-22-18(28-16)14-24-19(21-7-2)23-12-15-10-8-9-11-17(15)29(26,27)25-20(3,4)5/h8-11,13,25H,6-7,12,14H2,1-5H3,(H2,21,23,24). The summed E-state index contributed by atoms with van der Waals surface area (Å²) in [6, 6.07) is 6.95. The first kappa shape index (κ1) is 23.3. The molecule has 0 fully saturated rings. The van der Waals surface area contributed by atoms with Gasteiger partial charge in [-0.2, -0.15) is 0 Å². The van der Waals surface area contributed by atoms with Crippen LogP contribution in [0, 0.1) is 0 Å². The fourth-order valence-electron chi connectivity index (χ4n) is 2.61. The summed E-state index contributed by atoms with van der Waals surface area (Å²) < 4.78 is 28.3. The van der Waals surface area contributed by atoms with Crippen molar-refractivity contribution in [2.24, 2.45) is 4.99 Å². The van der Waals surface area contributed by atoms with E-state index in [1.54, 1.807) is 29.5 Å². The summed E-state index contributed by atoms with van der Waals surface area (Å²) in [5.41, 5.74) is 0.0838. The van der Waals surface area contributed by atoms with Crippen molar-refractivity contribution in [1.29, 1.82) is 0 Å². The van der Waals surface area contributed by atoms with Gasteiger partial charge < -0.3 is 10.6 Å². The van der Waals surface area contributed by atoms with Gasteiger partial charge >= 0.3 is 0 Å². The molecule has 0 bridgehead atoms. The summed E-state index contributed by atoms with van der Waals surface area (Å²) in [6.45, 7) is 11.1. The molecule has 0 radical (unpaired) electrons. The lowest BCUT2D eigenvalue weighted by atomic mass is 10.1. The zero-order chi connectivity index (χ0) is 21.5. The first-order valence-corrected chi connectivity index (χ1v) is 12.0. The molecule has 0 aliphatic carbocycles. The number of rotatable bonds is 8. The Hall–Kier alpha value is -1.97. The van der Waals surface area contributed by atoms with Crippen LogP contribution in [0.1, 0.15) is 50.1 Å². The Bertz CT molecular complexity index is 930. The average Bonchev–Trinajstić information content (AvgIpc) is 3.10. The predicted molar refractivity (Wildman–Crippen MR) is 120 cm³/mol. The van der Waals surface area contributed by atoms with Crippen molar-refractivity contribution in [3.8, 4) is 0 Å². The Kier molecular flexibility index (Phi) is 8.18. The Labute approximate surface area is 178 Å². The number of thiazole rings is 1. The maximum absolute atomic E-state index is 12.8. The number of hydrogen-bond donors (Lipinski definition) is 3. The molecule has 0 aliphatic rings. The van der Waals surface area contributed by atoms with Gasteiger partial charge in [0.1, 0.15) is 5.01 Å². The highest BCUT2D eigenvalue weighted by atomic mass is 32.2. The highest BCUT2D eigenvalue weighted by molar-refractivity contribution is 7.89. The molecule has 9 heteroatoms. The lowest BCUT2D eigenvalue weighted by Crippen LogP contribution is -2.40. The van der Waals surface area contributed by atoms with Gasteiger partial charge in [-0.1, -0.05) is 25.1 Å². The molecule has 1 aromatic carbocycles. The average molecular weight is 438 g/mol. The van der Waals surface area contributed by atoms with Crippen molar-refractivity contribution in [3.05, 3.63) is 45.9 Å². The SMILES string of the molecule is CCNC(=NCc1ccccc1S(=O)(=O)NC(C)(C)C)NCc1ncc(CC)s1. The molecular weight excluding hydrogens is 406 g/mol. The molecule has 160 valence electrons. The Balaban J connectivity index is 2.16. The van der Waals surface area contributed by atoms with Gasteiger partial charge in [0.2, 0.25) is 10.0 Å². The molecule has 0 aliphatic heterocycles. The van der Waals surface area contributed by atoms with Crippen LogP contribution >= 0.6 is 11.3 Å². The van der Waals surface area contributed by atoms with Gasteiger partial charge in [-0.3, -0.25) is 0 Å². The Morgan fingerprint density at radius 1 is 1.17 bits per heavy atom. The predicted octanol–water partition coefficient (Wildman–Crippen LogP) is 3.04. The minimum atomic E-state index is -3.63. The smallest absolute Gasteiger partial charge is 0.241 e. The summed E-state index contributed by atoms with van der Waals surface area (Å²) >= 11 is 1.67. The summed E-state index contributed by atoms with van der Waals surface area (Å²) in [7, 11) is -3.63. The number of nitrogens with zero attached hydrogens (tertiary/aromatic N) is 2. The van der Waals surface area contributed by atoms with E-state index >= 15 is 0 Å². The van der Waals surface area contributed by atoms with Crippen LogP contribution in [0.5, 0.6) is 0 Å². The van der Waals surface area contributed by atoms with Gasteiger partial charge in [-0.25, -0.2) is 23.1 Å². The normalized spacial score (nSPS) is 12.8. The monoisotopic (exact) mass is 437 g/mol. The maximum atomic E-state index is 12.8. The van der Waals surface area contributed by atoms with Crippen molar-refractivity contribution in [2.75, 3.05) is 6.54 Å². The lowest BCUT2D eigenvalue weighted by molar-refractivity contribution is 0.491. The first-order valence-electron chi connectivity index (χ1n) is 9.72. The molecule has 1 aromatic heterocycles. The number of guanidine groups is 1. The van der Waals surface area contributed by atoms with Gasteiger partial charge in [0.05, 0.1) is 18.0 Å². The Morgan fingerprint density at radius 2 is 1.90 bits per heavy atom. The van der Waals surface area contributed by atoms with Crippen LogP contribution in [0.4, 0.5) is 0 Å². The summed E-state index contributed by atoms with van der Waals surface area (Å²) in [5, 5.41) is 7.44. The minimum absolute atomic E-state index is 0.245. The van der Waals surface area contributed by atoms with E-state index in [1.165, 1.54) is 4.88 Å². The van der Waals surface area contributed by atoms with E-state index in [1.807, 2.05) is 40.0 Å². The molecule has 1 heterocycles. The largest absolute Gasteiger partial charge is 0.357 e. The van der Waals surface area contributed by atoms with Crippen LogP contribution in [0.3, 0.4) is 0 Å². The van der Waals surface area contributed by atoms with Crippen LogP contribution in [-0.2, 0) is 29.5 Å². The number of aryl methyl sites for hydroxylation is 1. The zero-order valence-electron chi connectivity index (χ0n) is 17.7. The molecule has 0 atom stereocenters. The second kappa shape index (κ2) is 10.2. The van der Waals surface area contributed by atoms with E-state index in [-0.39, 0.29) is 11.4 Å². The summed E-state index contributed by atoms with van der Waals surface area (Å²) in [5.74, 6) is 0.622. The second-order valence-corrected chi connectivity index (χ2v) is 10.4. The summed E-state index contributed by atoms with van der Waals surface area (Å²) in [6.07, 6.45) is 2.87. The number of aliphatic imine (C=N–C) groups is 1. The van der Waals surface area contributed by atoms with E-state index in [4.69, 9.17) is 0 Å². The molecule has 7 nitrogen and oxygen atoms in total. The number of sulfonamides is 1. The highest BCUT2D eigenvalue weighted by Crippen LogP contribution is 2.18. The van der Waals surface area contributed by atoms with Crippen molar-refractivity contribution in [3.63, 3.8) is 0 Å². The molecule has 0 saturated carbocycles. The molecule has 2 rings (SSSR count). The topological polar surface area (TPSA) is 95.5 Å². The molecule has 0 unspecified atom stereocenters. The zero-order valence-corrected chi connectivity index (χ0v) is 19.4. The van der Waals surface area contributed by atoms with Crippen molar-refractivity contribution in [1.82, 2.24) is 20.3 Å². The van der Waals surface area contributed by atoms with Crippen LogP contribution < -0.4 is 15.4 Å². The van der Waals surface area contributed by atoms with Crippen LogP contribution in [0.25, 0.3) is 0 Å². The van der Waals surface area contributed by atoms with Gasteiger partial charge in [0, 0.05) is 23.2 Å². The van der Waals surface area contributed by atoms with E-state index in [0.717, 1.165) is 11.4 Å². The van der Waals surface area contributed by atoms with E-state index in [2.05, 4.69) is 32.3 Å². The maximum Gasteiger partial charge on any atom is 0.241 e. The first-order chi connectivity index (χ1) is 13.6. The van der Waals surface area contributed by atoms with Gasteiger partial charge in [-0.15, -0.1) is 11.3 Å². The quantitative estimate of drug-likeness (QED) is 0.436. The molecule has 3 N–H and O–H groups in total. The van der Waals surface area contributed by atoms with Crippen molar-refractivity contribution < 1.29 is 8.42 Å². The second-order valence-electron chi connectivity index (χ2n) is 7.59. The highest BCUT2D eigenvalue weighted by Gasteiger charge is 2.24. The third-order valence-corrected chi connectivity index (χ3v) is 6.81. The van der Waals surface area contributed by atoms with E-state index < -0.39 is 15.6 Å². The molecule has 0 spiro atoms. The van der Waals surface area contributed by atoms with Crippen LogP contribution in [0.2, 0.25) is 0 Å². The number of aromatic nitrogens is 1. The van der Waals surface area contributed by atoms with E-state index in [0.29, 0.717) is 24.6 Å². The number of hydrogen-bond acceptors (Lipinski definition) is 5. The number of nitrogens with one attached hydrogen (secondary N) is 3. The van der Waals surface area contributed by atoms with E-state index in [9.17, 15) is 8.42 Å². The minimum Gasteiger partial charge on any atom is -0.357 e. The number of benzene rings is 1. The third kappa shape index (κ3) is 7.41. The van der Waals surface area contributed by atoms with Gasteiger partial charge in [0.15, 0.2) is 5.96 Å². The van der Waals surface area contributed by atoms with Crippen LogP contribution in [-0.4, -0.2) is 31.4 Å². The van der Waals surface area contributed by atoms with Crippen LogP contribution in [0.15, 0.2) is 40.4 Å². The molecule has 2 aromatic rings. The summed E-state index contributed by atoms with van der Waals surface area (Å²) in [4.78, 5) is 10.5. The third-order valence-electron chi connectivity index (χ3n) is 3.81. The molecule has 0 saturated heterocycles. The van der Waals surface area contributed by atoms with Crippen molar-refractivity contribution in [2.45, 2.75) is 64.6 Å².